The van der Waals surface area contributed by atoms with Crippen LogP contribution in [0.15, 0.2) is 30.3 Å². The molecule has 4 nitrogen and oxygen atoms in total. The highest BCUT2D eigenvalue weighted by molar-refractivity contribution is 6.35. The minimum atomic E-state index is -0.567. The van der Waals surface area contributed by atoms with Crippen LogP contribution in [0.4, 0.5) is 10.1 Å². The number of nitrogens with zero attached hydrogens (tertiary/aromatic N) is 2. The summed E-state index contributed by atoms with van der Waals surface area (Å²) in [6.07, 6.45) is -0.478. The van der Waals surface area contributed by atoms with Crippen molar-refractivity contribution in [1.29, 1.82) is 5.26 Å². The van der Waals surface area contributed by atoms with E-state index in [2.05, 4.69) is 6.07 Å². The normalized spacial score (nSPS) is 17.0. The van der Waals surface area contributed by atoms with Crippen LogP contribution in [0, 0.1) is 17.1 Å². The Morgan fingerprint density at radius 2 is 2.08 bits per heavy atom. The number of rotatable bonds is 3. The minimum Gasteiger partial charge on any atom is -0.370 e. The molecule has 0 amide bonds. The molecule has 1 unspecified atom stereocenters. The van der Waals surface area contributed by atoms with E-state index in [0.29, 0.717) is 47.1 Å². The number of anilines is 1. The second-order valence-corrected chi connectivity index (χ2v) is 6.81. The molecule has 7 heteroatoms. The van der Waals surface area contributed by atoms with E-state index in [1.165, 1.54) is 19.1 Å². The summed E-state index contributed by atoms with van der Waals surface area (Å²) in [5.41, 5.74) is 2.15. The van der Waals surface area contributed by atoms with Crippen LogP contribution in [0.25, 0.3) is 0 Å². The number of carbonyl (C=O) groups is 1. The second-order valence-electron chi connectivity index (χ2n) is 5.99. The van der Waals surface area contributed by atoms with Gasteiger partial charge in [0.05, 0.1) is 23.3 Å². The molecular formula is C19H15Cl2FN2O2. The number of halogens is 3. The van der Waals surface area contributed by atoms with E-state index in [1.807, 2.05) is 4.90 Å². The standard InChI is InChI=1S/C19H15Cl2FN2O2/c1-11(25)13-3-2-12(9-23)6-18(13)24-4-5-26-19(10-24)14-7-17(22)16(21)8-15(14)20/h2-3,6-8,19H,4-5,10H2,1H3. The molecule has 2 aromatic rings. The van der Waals surface area contributed by atoms with Crippen molar-refractivity contribution in [3.05, 3.63) is 62.9 Å². The Bertz CT molecular complexity index is 911. The smallest absolute Gasteiger partial charge is 0.161 e. The highest BCUT2D eigenvalue weighted by Crippen LogP contribution is 2.34. The maximum Gasteiger partial charge on any atom is 0.161 e. The molecule has 0 bridgehead atoms. The van der Waals surface area contributed by atoms with Gasteiger partial charge < -0.3 is 9.64 Å². The third-order valence-electron chi connectivity index (χ3n) is 4.30. The van der Waals surface area contributed by atoms with Gasteiger partial charge in [-0.05, 0) is 37.3 Å². The number of ether oxygens (including phenoxy) is 1. The van der Waals surface area contributed by atoms with Crippen LogP contribution in [-0.2, 0) is 4.74 Å². The molecule has 26 heavy (non-hydrogen) atoms. The van der Waals surface area contributed by atoms with Crippen molar-refractivity contribution in [3.63, 3.8) is 0 Å². The fourth-order valence-electron chi connectivity index (χ4n) is 3.00. The number of benzene rings is 2. The van der Waals surface area contributed by atoms with Crippen LogP contribution >= 0.6 is 23.2 Å². The molecule has 134 valence electrons. The van der Waals surface area contributed by atoms with Crippen molar-refractivity contribution in [1.82, 2.24) is 0 Å². The Morgan fingerprint density at radius 3 is 2.77 bits per heavy atom. The summed E-state index contributed by atoms with van der Waals surface area (Å²) in [7, 11) is 0. The molecule has 0 spiro atoms. The first-order valence-corrected chi connectivity index (χ1v) is 8.72. The van der Waals surface area contributed by atoms with E-state index in [1.54, 1.807) is 18.2 Å². The van der Waals surface area contributed by atoms with Gasteiger partial charge in [0.2, 0.25) is 0 Å². The Hall–Kier alpha value is -2.13. The molecule has 1 atom stereocenters. The first-order valence-electron chi connectivity index (χ1n) is 7.96. The van der Waals surface area contributed by atoms with Gasteiger partial charge in [0.1, 0.15) is 11.9 Å². The van der Waals surface area contributed by atoms with Gasteiger partial charge in [0.15, 0.2) is 5.78 Å². The zero-order chi connectivity index (χ0) is 18.8. The maximum absolute atomic E-state index is 13.9. The number of hydrogen-bond acceptors (Lipinski definition) is 4. The first-order chi connectivity index (χ1) is 12.4. The Balaban J connectivity index is 1.96. The number of nitriles is 1. The molecular weight excluding hydrogens is 378 g/mol. The third-order valence-corrected chi connectivity index (χ3v) is 4.92. The molecule has 1 saturated heterocycles. The molecule has 0 saturated carbocycles. The van der Waals surface area contributed by atoms with Crippen molar-refractivity contribution in [3.8, 4) is 6.07 Å². The fourth-order valence-corrected chi connectivity index (χ4v) is 3.51. The quantitative estimate of drug-likeness (QED) is 0.556. The van der Waals surface area contributed by atoms with Gasteiger partial charge in [-0.1, -0.05) is 23.2 Å². The molecule has 1 fully saturated rings. The van der Waals surface area contributed by atoms with E-state index < -0.39 is 11.9 Å². The average molecular weight is 393 g/mol. The Morgan fingerprint density at radius 1 is 1.31 bits per heavy atom. The van der Waals surface area contributed by atoms with Crippen molar-refractivity contribution >= 4 is 34.7 Å². The van der Waals surface area contributed by atoms with E-state index in [-0.39, 0.29) is 10.8 Å². The summed E-state index contributed by atoms with van der Waals surface area (Å²) in [6.45, 7) is 2.77. The molecule has 0 aliphatic carbocycles. The van der Waals surface area contributed by atoms with Crippen LogP contribution in [0.5, 0.6) is 0 Å². The molecule has 1 aliphatic heterocycles. The third kappa shape index (κ3) is 3.68. The summed E-state index contributed by atoms with van der Waals surface area (Å²) in [5, 5.41) is 9.43. The van der Waals surface area contributed by atoms with Gasteiger partial charge in [0.25, 0.3) is 0 Å². The van der Waals surface area contributed by atoms with Gasteiger partial charge in [-0.2, -0.15) is 5.26 Å². The van der Waals surface area contributed by atoms with Gasteiger partial charge in [-0.15, -0.1) is 0 Å². The predicted octanol–water partition coefficient (Wildman–Crippen LogP) is 4.78. The van der Waals surface area contributed by atoms with Crippen molar-refractivity contribution in [2.45, 2.75) is 13.0 Å². The average Bonchev–Trinajstić information content (AvgIpc) is 2.64. The molecule has 1 heterocycles. The van der Waals surface area contributed by atoms with Crippen LogP contribution < -0.4 is 4.90 Å². The monoisotopic (exact) mass is 392 g/mol. The summed E-state index contributed by atoms with van der Waals surface area (Å²) >= 11 is 12.0. The lowest BCUT2D eigenvalue weighted by Gasteiger charge is -2.36. The molecule has 1 aliphatic rings. The van der Waals surface area contributed by atoms with Crippen molar-refractivity contribution in [2.75, 3.05) is 24.6 Å². The molecule has 3 rings (SSSR count). The van der Waals surface area contributed by atoms with E-state index in [4.69, 9.17) is 33.2 Å². The zero-order valence-corrected chi connectivity index (χ0v) is 15.4. The minimum absolute atomic E-state index is 0.0491. The predicted molar refractivity (Wildman–Crippen MR) is 98.5 cm³/mol. The van der Waals surface area contributed by atoms with Gasteiger partial charge in [0, 0.05) is 34.9 Å². The number of hydrogen-bond donors (Lipinski definition) is 0. The van der Waals surface area contributed by atoms with Crippen molar-refractivity contribution < 1.29 is 13.9 Å². The van der Waals surface area contributed by atoms with Gasteiger partial charge in [-0.3, -0.25) is 4.79 Å². The molecule has 0 aromatic heterocycles. The lowest BCUT2D eigenvalue weighted by atomic mass is 10.0. The fraction of sp³-hybridized carbons (Fsp3) is 0.263. The zero-order valence-electron chi connectivity index (χ0n) is 13.9. The number of carbonyl (C=O) groups excluding carboxylic acids is 1. The van der Waals surface area contributed by atoms with Crippen LogP contribution in [0.2, 0.25) is 10.0 Å². The van der Waals surface area contributed by atoms with Crippen molar-refractivity contribution in [2.24, 2.45) is 0 Å². The van der Waals surface area contributed by atoms with E-state index in [0.717, 1.165) is 0 Å². The molecule has 0 radical (unpaired) electrons. The summed E-state index contributed by atoms with van der Waals surface area (Å²) < 4.78 is 19.6. The lowest BCUT2D eigenvalue weighted by Crippen LogP contribution is -2.39. The number of ketones is 1. The Kier molecular flexibility index (Phi) is 5.47. The highest BCUT2D eigenvalue weighted by Gasteiger charge is 2.27. The van der Waals surface area contributed by atoms with E-state index in [9.17, 15) is 9.18 Å². The maximum atomic E-state index is 13.9. The molecule has 2 aromatic carbocycles. The van der Waals surface area contributed by atoms with Crippen LogP contribution in [0.1, 0.15) is 34.5 Å². The summed E-state index contributed by atoms with van der Waals surface area (Å²) in [6, 6.07) is 9.66. The Labute approximate surface area is 160 Å². The van der Waals surface area contributed by atoms with Gasteiger partial charge in [-0.25, -0.2) is 4.39 Å². The largest absolute Gasteiger partial charge is 0.370 e. The SMILES string of the molecule is CC(=O)c1ccc(C#N)cc1N1CCOC(c2cc(F)c(Cl)cc2Cl)C1. The lowest BCUT2D eigenvalue weighted by molar-refractivity contribution is 0.0396. The molecule has 0 N–H and O–H groups in total. The van der Waals surface area contributed by atoms with Crippen LogP contribution in [-0.4, -0.2) is 25.5 Å². The highest BCUT2D eigenvalue weighted by atomic mass is 35.5. The number of Topliss-reactive ketones (excluding diaryl/α,β-unsaturated/α-hetero) is 1. The van der Waals surface area contributed by atoms with E-state index >= 15 is 0 Å². The summed E-state index contributed by atoms with van der Waals surface area (Å²) in [4.78, 5) is 13.9. The van der Waals surface area contributed by atoms with Crippen LogP contribution in [0.3, 0.4) is 0 Å². The first kappa shape index (κ1) is 18.7. The topological polar surface area (TPSA) is 53.3 Å². The number of morpholine rings is 1. The van der Waals surface area contributed by atoms with Gasteiger partial charge >= 0.3 is 0 Å². The summed E-state index contributed by atoms with van der Waals surface area (Å²) in [5.74, 6) is -0.661. The second kappa shape index (κ2) is 7.63.